The van der Waals surface area contributed by atoms with Gasteiger partial charge < -0.3 is 20.3 Å². The Morgan fingerprint density at radius 2 is 1.74 bits per heavy atom. The summed E-state index contributed by atoms with van der Waals surface area (Å²) in [5.41, 5.74) is -1.38. The quantitative estimate of drug-likeness (QED) is 0.505. The number of amides is 2. The van der Waals surface area contributed by atoms with Gasteiger partial charge in [-0.25, -0.2) is 13.8 Å². The molecule has 0 radical (unpaired) electrons. The van der Waals surface area contributed by atoms with Gasteiger partial charge in [0.05, 0.1) is 5.56 Å². The van der Waals surface area contributed by atoms with Crippen molar-refractivity contribution in [2.24, 2.45) is 0 Å². The number of nitrogens with one attached hydrogen (secondary N) is 2. The number of hydrogen-bond donors (Lipinski definition) is 2. The Morgan fingerprint density at radius 1 is 1.08 bits per heavy atom. The van der Waals surface area contributed by atoms with Gasteiger partial charge in [0.25, 0.3) is 11.8 Å². The zero-order valence-corrected chi connectivity index (χ0v) is 21.1. The number of fused-ring (bicyclic) bond motifs is 2. The fourth-order valence-corrected chi connectivity index (χ4v) is 4.94. The summed E-state index contributed by atoms with van der Waals surface area (Å²) in [6.07, 6.45) is -0.308. The lowest BCUT2D eigenvalue weighted by molar-refractivity contribution is -0.149. The average molecular weight is 541 g/mol. The zero-order chi connectivity index (χ0) is 27.8. The maximum atomic E-state index is 14.0. The number of anilines is 1. The number of carbonyl (C=O) groups is 2. The van der Waals surface area contributed by atoms with Crippen LogP contribution in [0.2, 0.25) is 0 Å². The Kier molecular flexibility index (Phi) is 7.53. The number of nitrogens with zero attached hydrogens (tertiary/aromatic N) is 2. The summed E-state index contributed by atoms with van der Waals surface area (Å²) >= 11 is 0. The van der Waals surface area contributed by atoms with Crippen molar-refractivity contribution in [3.8, 4) is 5.75 Å². The molecule has 0 unspecified atom stereocenters. The molecule has 4 atom stereocenters. The molecule has 206 valence electrons. The molecule has 1 aromatic carbocycles. The van der Waals surface area contributed by atoms with Gasteiger partial charge >= 0.3 is 6.18 Å². The molecule has 7 nitrogen and oxygen atoms in total. The van der Waals surface area contributed by atoms with Crippen LogP contribution in [-0.4, -0.2) is 52.7 Å². The van der Waals surface area contributed by atoms with Crippen LogP contribution in [0.5, 0.6) is 5.75 Å². The molecule has 2 aromatic rings. The molecular weight excluding hydrogens is 511 g/mol. The number of halogens is 5. The number of benzene rings is 1. The minimum absolute atomic E-state index is 0.0270. The summed E-state index contributed by atoms with van der Waals surface area (Å²) in [6, 6.07) is 3.93. The first-order valence-electron chi connectivity index (χ1n) is 12.3. The number of carbonyl (C=O) groups excluding carboxylic acids is 2. The summed E-state index contributed by atoms with van der Waals surface area (Å²) in [6.45, 7) is 3.88. The van der Waals surface area contributed by atoms with Gasteiger partial charge in [-0.3, -0.25) is 9.59 Å². The summed E-state index contributed by atoms with van der Waals surface area (Å²) in [4.78, 5) is 31.6. The van der Waals surface area contributed by atoms with Crippen LogP contribution in [-0.2, 0) is 4.79 Å². The van der Waals surface area contributed by atoms with E-state index in [0.29, 0.717) is 24.7 Å². The SMILES string of the molecule is C[C@H](NC(=O)c1ccc(N2[C@@H]3CC[C@H]2C[C@@H](NC(=O)C(C)(C)Oc2ccc(F)cc2F)C3)nc1)C(F)(F)F. The third-order valence-corrected chi connectivity index (χ3v) is 6.99. The predicted molar refractivity (Wildman–Crippen MR) is 129 cm³/mol. The number of hydrogen-bond acceptors (Lipinski definition) is 5. The Morgan fingerprint density at radius 3 is 2.29 bits per heavy atom. The smallest absolute Gasteiger partial charge is 0.408 e. The predicted octanol–water partition coefficient (Wildman–Crippen LogP) is 4.51. The van der Waals surface area contributed by atoms with Crippen molar-refractivity contribution in [3.63, 3.8) is 0 Å². The molecule has 2 amide bonds. The van der Waals surface area contributed by atoms with Gasteiger partial charge in [0, 0.05) is 30.4 Å². The van der Waals surface area contributed by atoms with Gasteiger partial charge in [-0.2, -0.15) is 13.2 Å². The topological polar surface area (TPSA) is 83.6 Å². The standard InChI is InChI=1S/C26H29F5N4O3/c1-14(26(29,30)31)33-23(36)15-4-9-22(32-13-15)35-18-6-7-19(35)12-17(11-18)34-24(37)25(2,3)38-21-8-5-16(27)10-20(21)28/h4-5,8-10,13-14,17-19H,6-7,11-12H2,1-3H3,(H,33,36)(H,34,37)/t14-,17-,18+,19-/m0/s1. The van der Waals surface area contributed by atoms with Gasteiger partial charge in [-0.15, -0.1) is 0 Å². The molecule has 0 saturated carbocycles. The Bertz CT molecular complexity index is 1170. The van der Waals surface area contributed by atoms with Crippen molar-refractivity contribution in [2.75, 3.05) is 4.90 Å². The second-order valence-corrected chi connectivity index (χ2v) is 10.3. The molecular formula is C26H29F5N4O3. The van der Waals surface area contributed by atoms with E-state index in [1.54, 1.807) is 6.07 Å². The maximum Gasteiger partial charge on any atom is 0.408 e. The van der Waals surface area contributed by atoms with Crippen LogP contribution in [0.15, 0.2) is 36.5 Å². The van der Waals surface area contributed by atoms with Crippen molar-refractivity contribution in [1.82, 2.24) is 15.6 Å². The van der Waals surface area contributed by atoms with Crippen LogP contribution in [0.1, 0.15) is 56.8 Å². The van der Waals surface area contributed by atoms with Crippen LogP contribution in [0.4, 0.5) is 27.8 Å². The minimum atomic E-state index is -4.54. The number of pyridine rings is 1. The summed E-state index contributed by atoms with van der Waals surface area (Å²) in [7, 11) is 0. The Labute approximate surface area is 216 Å². The molecule has 2 fully saturated rings. The highest BCUT2D eigenvalue weighted by Gasteiger charge is 2.43. The molecule has 3 heterocycles. The molecule has 1 aromatic heterocycles. The highest BCUT2D eigenvalue weighted by atomic mass is 19.4. The second kappa shape index (κ2) is 10.4. The lowest BCUT2D eigenvalue weighted by atomic mass is 9.96. The van der Waals surface area contributed by atoms with Gasteiger partial charge in [-0.05, 0) is 70.7 Å². The first kappa shape index (κ1) is 27.6. The number of piperidine rings is 1. The summed E-state index contributed by atoms with van der Waals surface area (Å²) in [5, 5.41) is 4.90. The van der Waals surface area contributed by atoms with Gasteiger partial charge in [-0.1, -0.05) is 0 Å². The summed E-state index contributed by atoms with van der Waals surface area (Å²) in [5.74, 6) is -2.55. The minimum Gasteiger partial charge on any atom is -0.475 e. The lowest BCUT2D eigenvalue weighted by Crippen LogP contribution is -2.55. The second-order valence-electron chi connectivity index (χ2n) is 10.3. The van der Waals surface area contributed by atoms with E-state index in [1.165, 1.54) is 26.1 Å². The molecule has 2 N–H and O–H groups in total. The number of ether oxygens (including phenoxy) is 1. The van der Waals surface area contributed by atoms with Crippen LogP contribution >= 0.6 is 0 Å². The first-order valence-corrected chi connectivity index (χ1v) is 12.3. The van der Waals surface area contributed by atoms with Crippen LogP contribution in [0.3, 0.4) is 0 Å². The molecule has 2 aliphatic heterocycles. The Hall–Kier alpha value is -3.44. The molecule has 4 rings (SSSR count). The highest BCUT2D eigenvalue weighted by molar-refractivity contribution is 5.94. The third kappa shape index (κ3) is 5.99. The molecule has 12 heteroatoms. The Balaban J connectivity index is 1.36. The van der Waals surface area contributed by atoms with Crippen molar-refractivity contribution in [2.45, 2.75) is 82.4 Å². The molecule has 0 aliphatic carbocycles. The van der Waals surface area contributed by atoms with E-state index in [9.17, 15) is 31.5 Å². The fourth-order valence-electron chi connectivity index (χ4n) is 4.94. The highest BCUT2D eigenvalue weighted by Crippen LogP contribution is 2.39. The van der Waals surface area contributed by atoms with Gasteiger partial charge in [0.1, 0.15) is 17.7 Å². The molecule has 38 heavy (non-hydrogen) atoms. The average Bonchev–Trinajstić information content (AvgIpc) is 3.10. The van der Waals surface area contributed by atoms with Crippen molar-refractivity contribution in [1.29, 1.82) is 0 Å². The van der Waals surface area contributed by atoms with E-state index in [-0.39, 0.29) is 29.4 Å². The van der Waals surface area contributed by atoms with Crippen LogP contribution in [0.25, 0.3) is 0 Å². The van der Waals surface area contributed by atoms with Gasteiger partial charge in [0.15, 0.2) is 17.2 Å². The van der Waals surface area contributed by atoms with Crippen molar-refractivity contribution in [3.05, 3.63) is 53.7 Å². The molecule has 0 spiro atoms. The fraction of sp³-hybridized carbons (Fsp3) is 0.500. The van der Waals surface area contributed by atoms with E-state index < -0.39 is 41.3 Å². The number of alkyl halides is 3. The lowest BCUT2D eigenvalue weighted by Gasteiger charge is -2.40. The summed E-state index contributed by atoms with van der Waals surface area (Å²) < 4.78 is 70.9. The molecule has 2 saturated heterocycles. The zero-order valence-electron chi connectivity index (χ0n) is 21.1. The van der Waals surface area contributed by atoms with E-state index >= 15 is 0 Å². The molecule has 2 aliphatic rings. The largest absolute Gasteiger partial charge is 0.475 e. The monoisotopic (exact) mass is 540 g/mol. The maximum absolute atomic E-state index is 14.0. The van der Waals surface area contributed by atoms with Crippen molar-refractivity contribution >= 4 is 17.6 Å². The number of aromatic nitrogens is 1. The van der Waals surface area contributed by atoms with Gasteiger partial charge in [0.2, 0.25) is 0 Å². The van der Waals surface area contributed by atoms with E-state index in [4.69, 9.17) is 4.74 Å². The van der Waals surface area contributed by atoms with E-state index in [0.717, 1.165) is 31.9 Å². The van der Waals surface area contributed by atoms with E-state index in [1.807, 2.05) is 5.32 Å². The van der Waals surface area contributed by atoms with Crippen molar-refractivity contribution < 1.29 is 36.3 Å². The van der Waals surface area contributed by atoms with E-state index in [2.05, 4.69) is 15.2 Å². The van der Waals surface area contributed by atoms with Crippen LogP contribution < -0.4 is 20.3 Å². The third-order valence-electron chi connectivity index (χ3n) is 6.99. The molecule has 2 bridgehead atoms. The van der Waals surface area contributed by atoms with Crippen LogP contribution in [0, 0.1) is 11.6 Å². The first-order chi connectivity index (χ1) is 17.7. The normalized spacial score (nSPS) is 22.1. The number of rotatable bonds is 7.